The third-order valence-electron chi connectivity index (χ3n) is 10.8. The highest BCUT2D eigenvalue weighted by Gasteiger charge is 2.48. The molecule has 13 heteroatoms. The molecule has 0 saturated carbocycles. The van der Waals surface area contributed by atoms with Crippen molar-refractivity contribution in [3.8, 4) is 0 Å². The van der Waals surface area contributed by atoms with Crippen LogP contribution in [0.2, 0.25) is 0 Å². The summed E-state index contributed by atoms with van der Waals surface area (Å²) < 4.78 is 4.91. The van der Waals surface area contributed by atoms with Crippen molar-refractivity contribution in [3.63, 3.8) is 0 Å². The third kappa shape index (κ3) is 12.1. The van der Waals surface area contributed by atoms with E-state index in [-0.39, 0.29) is 35.7 Å². The van der Waals surface area contributed by atoms with E-state index in [4.69, 9.17) is 16.2 Å². The van der Waals surface area contributed by atoms with Crippen LogP contribution in [0, 0.1) is 11.3 Å². The van der Waals surface area contributed by atoms with Crippen LogP contribution in [0.1, 0.15) is 70.4 Å². The summed E-state index contributed by atoms with van der Waals surface area (Å²) >= 11 is 0. The average molecular weight is 748 g/mol. The number of unbranched alkanes of at least 4 members (excludes halogenated alkanes) is 1. The maximum Gasteiger partial charge on any atom is 0.322 e. The molecule has 2 heterocycles. The maximum absolute atomic E-state index is 14.0. The Labute approximate surface area is 320 Å². The number of likely N-dealkylation sites (tertiary alicyclic amines) is 2. The minimum Gasteiger partial charge on any atom is -0.468 e. The molecule has 2 aromatic carbocycles. The van der Waals surface area contributed by atoms with Gasteiger partial charge < -0.3 is 37.1 Å². The summed E-state index contributed by atoms with van der Waals surface area (Å²) in [4.78, 5) is 71.3. The highest BCUT2D eigenvalue weighted by Crippen LogP contribution is 2.41. The summed E-state index contributed by atoms with van der Waals surface area (Å²) in [6.07, 6.45) is 4.22. The number of carbonyl (C=O) groups excluding carboxylic acids is 5. The minimum absolute atomic E-state index is 0.0381. The van der Waals surface area contributed by atoms with Crippen LogP contribution in [0.5, 0.6) is 0 Å². The van der Waals surface area contributed by atoms with E-state index >= 15 is 0 Å². The Morgan fingerprint density at radius 2 is 1.30 bits per heavy atom. The van der Waals surface area contributed by atoms with E-state index in [9.17, 15) is 24.0 Å². The number of nitrogens with one attached hydrogen (secondary N) is 3. The van der Waals surface area contributed by atoms with Crippen LogP contribution in [-0.2, 0) is 41.6 Å². The molecule has 2 saturated heterocycles. The highest BCUT2D eigenvalue weighted by molar-refractivity contribution is 5.95. The number of amides is 4. The van der Waals surface area contributed by atoms with Crippen LogP contribution < -0.4 is 27.4 Å². The summed E-state index contributed by atoms with van der Waals surface area (Å²) in [7, 11) is 1.40. The number of carbonyl (C=O) groups is 5. The number of nitrogens with two attached hydrogens (primary N) is 2. The van der Waals surface area contributed by atoms with Gasteiger partial charge in [-0.1, -0.05) is 74.5 Å². The van der Waals surface area contributed by atoms with Crippen LogP contribution >= 0.6 is 0 Å². The van der Waals surface area contributed by atoms with Gasteiger partial charge in [-0.2, -0.15) is 0 Å². The summed E-state index contributed by atoms with van der Waals surface area (Å²) in [5.74, 6) is -1.79. The summed E-state index contributed by atoms with van der Waals surface area (Å²) in [5.41, 5.74) is 13.9. The number of hydrogen-bond acceptors (Lipinski definition) is 9. The fraction of sp³-hybridized carbons (Fsp3) is 0.585. The Morgan fingerprint density at radius 3 is 1.85 bits per heavy atom. The molecular formula is C41H61N7O6. The number of piperidine rings is 1. The Hall–Kier alpha value is -4.33. The first-order valence-electron chi connectivity index (χ1n) is 19.4. The fourth-order valence-corrected chi connectivity index (χ4v) is 7.44. The topological polar surface area (TPSA) is 189 Å². The van der Waals surface area contributed by atoms with Gasteiger partial charge >= 0.3 is 5.97 Å². The number of methoxy groups -OCH3 is 1. The molecule has 4 amide bonds. The molecule has 0 bridgehead atoms. The Balaban J connectivity index is 1.43. The van der Waals surface area contributed by atoms with Gasteiger partial charge in [-0.3, -0.25) is 28.9 Å². The lowest BCUT2D eigenvalue weighted by Gasteiger charge is -2.55. The smallest absolute Gasteiger partial charge is 0.322 e. The molecule has 1 unspecified atom stereocenters. The van der Waals surface area contributed by atoms with Gasteiger partial charge in [-0.25, -0.2) is 0 Å². The molecule has 54 heavy (non-hydrogen) atoms. The Morgan fingerprint density at radius 1 is 0.759 bits per heavy atom. The van der Waals surface area contributed by atoms with Crippen molar-refractivity contribution in [1.82, 2.24) is 25.8 Å². The second-order valence-electron chi connectivity index (χ2n) is 15.5. The van der Waals surface area contributed by atoms with Crippen LogP contribution in [0.3, 0.4) is 0 Å². The lowest BCUT2D eigenvalue weighted by molar-refractivity contribution is -0.155. The molecule has 0 radical (unpaired) electrons. The summed E-state index contributed by atoms with van der Waals surface area (Å²) in [5, 5.41) is 8.76. The van der Waals surface area contributed by atoms with Gasteiger partial charge in [0.15, 0.2) is 0 Å². The molecule has 5 atom stereocenters. The predicted molar refractivity (Wildman–Crippen MR) is 208 cm³/mol. The van der Waals surface area contributed by atoms with E-state index in [1.54, 1.807) is 0 Å². The first-order chi connectivity index (χ1) is 25.8. The third-order valence-corrected chi connectivity index (χ3v) is 10.8. The molecule has 296 valence electrons. The summed E-state index contributed by atoms with van der Waals surface area (Å²) in [6.45, 7) is 8.91. The van der Waals surface area contributed by atoms with Gasteiger partial charge in [-0.05, 0) is 80.9 Å². The first-order valence-corrected chi connectivity index (χ1v) is 19.4. The summed E-state index contributed by atoms with van der Waals surface area (Å²) in [6, 6.07) is 14.9. The van der Waals surface area contributed by atoms with Crippen molar-refractivity contribution in [1.29, 1.82) is 0 Å². The molecule has 1 spiro atoms. The number of benzene rings is 2. The van der Waals surface area contributed by atoms with Gasteiger partial charge in [0.25, 0.3) is 0 Å². The standard InChI is InChI=1S/C41H61N7O6/c1-28(2)23-34(46-38(51)35(25-31-15-9-6-10-16-31)45-36(49)32(43)24-30-13-7-5-8-14-30)37(50)44-33(17-11-12-20-42)39(52)47-21-18-41(19-22-47)26-48(27-41)29(3)40(53)54-4/h5-10,13-16,28-29,32-35H,11-12,17-27,42-43H2,1-4H3,(H,44,50)(H,45,49)(H,46,51)/t29?,32-,33-,34-,35-/m1/s1. The van der Waals surface area contributed by atoms with E-state index in [0.717, 1.165) is 37.1 Å². The number of ether oxygens (including phenoxy) is 1. The molecule has 7 N–H and O–H groups in total. The van der Waals surface area contributed by atoms with E-state index in [0.29, 0.717) is 51.7 Å². The number of hydrogen-bond donors (Lipinski definition) is 5. The average Bonchev–Trinajstić information content (AvgIpc) is 3.15. The quantitative estimate of drug-likeness (QED) is 0.106. The Kier molecular flexibility index (Phi) is 16.0. The van der Waals surface area contributed by atoms with Crippen molar-refractivity contribution >= 4 is 29.6 Å². The Bertz CT molecular complexity index is 1520. The SMILES string of the molecule is COC(=O)C(C)N1CC2(CCN(C(=O)[C@@H](CCCCN)NC(=O)[C@@H](CC(C)C)NC(=O)[C@@H](Cc3ccccc3)NC(=O)[C@H](N)Cc3ccccc3)CC2)C1. The lowest BCUT2D eigenvalue weighted by atomic mass is 9.71. The normalized spacial score (nSPS) is 18.1. The van der Waals surface area contributed by atoms with Gasteiger partial charge in [0.2, 0.25) is 23.6 Å². The number of nitrogens with zero attached hydrogens (tertiary/aromatic N) is 2. The largest absolute Gasteiger partial charge is 0.468 e. The monoisotopic (exact) mass is 747 g/mol. The predicted octanol–water partition coefficient (Wildman–Crippen LogP) is 1.91. The zero-order chi connectivity index (χ0) is 39.3. The van der Waals surface area contributed by atoms with Crippen molar-refractivity contribution in [2.24, 2.45) is 22.8 Å². The van der Waals surface area contributed by atoms with Crippen molar-refractivity contribution in [3.05, 3.63) is 71.8 Å². The van der Waals surface area contributed by atoms with E-state index in [1.165, 1.54) is 7.11 Å². The van der Waals surface area contributed by atoms with E-state index < -0.39 is 41.9 Å². The van der Waals surface area contributed by atoms with Gasteiger partial charge in [-0.15, -0.1) is 0 Å². The van der Waals surface area contributed by atoms with Crippen molar-refractivity contribution in [2.45, 2.75) is 102 Å². The maximum atomic E-state index is 14.0. The molecule has 4 rings (SSSR count). The fourth-order valence-electron chi connectivity index (χ4n) is 7.44. The van der Waals surface area contributed by atoms with Crippen molar-refractivity contribution in [2.75, 3.05) is 39.8 Å². The van der Waals surface area contributed by atoms with Crippen molar-refractivity contribution < 1.29 is 28.7 Å². The molecular weight excluding hydrogens is 686 g/mol. The second kappa shape index (κ2) is 20.4. The van der Waals surface area contributed by atoms with Crippen LogP contribution in [-0.4, -0.2) is 109 Å². The first kappa shape index (κ1) is 42.4. The number of esters is 1. The second-order valence-corrected chi connectivity index (χ2v) is 15.5. The lowest BCUT2D eigenvalue weighted by Crippen LogP contribution is -2.65. The van der Waals surface area contributed by atoms with Gasteiger partial charge in [0.1, 0.15) is 24.2 Å². The van der Waals surface area contributed by atoms with Crippen LogP contribution in [0.15, 0.2) is 60.7 Å². The molecule has 2 aromatic rings. The zero-order valence-corrected chi connectivity index (χ0v) is 32.4. The molecule has 0 aromatic heterocycles. The highest BCUT2D eigenvalue weighted by atomic mass is 16.5. The van der Waals surface area contributed by atoms with E-state index in [2.05, 4.69) is 20.9 Å². The van der Waals surface area contributed by atoms with Crippen LogP contribution in [0.4, 0.5) is 0 Å². The molecule has 2 aliphatic rings. The van der Waals surface area contributed by atoms with E-state index in [1.807, 2.05) is 86.3 Å². The zero-order valence-electron chi connectivity index (χ0n) is 32.4. The van der Waals surface area contributed by atoms with Crippen LogP contribution in [0.25, 0.3) is 0 Å². The number of rotatable bonds is 19. The van der Waals surface area contributed by atoms with Gasteiger partial charge in [0, 0.05) is 32.6 Å². The molecule has 2 fully saturated rings. The molecule has 0 aliphatic carbocycles. The minimum atomic E-state index is -0.995. The molecule has 13 nitrogen and oxygen atoms in total. The molecule has 2 aliphatic heterocycles. The van der Waals surface area contributed by atoms with Gasteiger partial charge in [0.05, 0.1) is 13.2 Å².